The van der Waals surface area contributed by atoms with Crippen molar-refractivity contribution in [2.45, 2.75) is 46.1 Å². The summed E-state index contributed by atoms with van der Waals surface area (Å²) in [7, 11) is 0. The van der Waals surface area contributed by atoms with Crippen LogP contribution in [0.15, 0.2) is 12.1 Å². The summed E-state index contributed by atoms with van der Waals surface area (Å²) in [6.07, 6.45) is 5.36. The number of nitrogens with zero attached hydrogens (tertiary/aromatic N) is 1. The fourth-order valence-electron chi connectivity index (χ4n) is 3.03. The predicted molar refractivity (Wildman–Crippen MR) is 87.8 cm³/mol. The zero-order valence-electron chi connectivity index (χ0n) is 12.7. The van der Waals surface area contributed by atoms with E-state index in [0.717, 1.165) is 11.4 Å². The van der Waals surface area contributed by atoms with E-state index in [4.69, 9.17) is 5.73 Å². The Morgan fingerprint density at radius 3 is 2.55 bits per heavy atom. The van der Waals surface area contributed by atoms with Crippen molar-refractivity contribution in [3.8, 4) is 11.8 Å². The first-order valence-electron chi connectivity index (χ1n) is 7.71. The summed E-state index contributed by atoms with van der Waals surface area (Å²) in [5, 5.41) is 0. The van der Waals surface area contributed by atoms with Gasteiger partial charge in [0, 0.05) is 11.4 Å². The molecule has 2 rings (SSSR count). The zero-order valence-corrected chi connectivity index (χ0v) is 13.6. The summed E-state index contributed by atoms with van der Waals surface area (Å²) in [6, 6.07) is 4.34. The van der Waals surface area contributed by atoms with Gasteiger partial charge in [-0.3, -0.25) is 4.90 Å². The molecular formula is C17H26N2S. The predicted octanol–water partition coefficient (Wildman–Crippen LogP) is 3.46. The number of likely N-dealkylation sites (tertiary alicyclic amines) is 1. The summed E-state index contributed by atoms with van der Waals surface area (Å²) in [4.78, 5) is 5.15. The van der Waals surface area contributed by atoms with Gasteiger partial charge < -0.3 is 5.73 Å². The van der Waals surface area contributed by atoms with Gasteiger partial charge in [0.1, 0.15) is 0 Å². The Balaban J connectivity index is 1.88. The topological polar surface area (TPSA) is 29.3 Å². The van der Waals surface area contributed by atoms with Gasteiger partial charge in [0.05, 0.1) is 11.4 Å². The highest BCUT2D eigenvalue weighted by atomic mass is 32.1. The molecule has 1 fully saturated rings. The van der Waals surface area contributed by atoms with Gasteiger partial charge in [-0.15, -0.1) is 11.3 Å². The highest BCUT2D eigenvalue weighted by Crippen LogP contribution is 2.38. The first-order valence-corrected chi connectivity index (χ1v) is 8.53. The van der Waals surface area contributed by atoms with Crippen molar-refractivity contribution in [3.05, 3.63) is 21.9 Å². The van der Waals surface area contributed by atoms with E-state index in [1.54, 1.807) is 0 Å². The van der Waals surface area contributed by atoms with E-state index in [0.29, 0.717) is 12.0 Å². The Morgan fingerprint density at radius 1 is 1.25 bits per heavy atom. The fraction of sp³-hybridized carbons (Fsp3) is 0.647. The molecule has 0 amide bonds. The minimum Gasteiger partial charge on any atom is -0.320 e. The first-order chi connectivity index (χ1) is 9.71. The summed E-state index contributed by atoms with van der Waals surface area (Å²) in [6.45, 7) is 8.70. The van der Waals surface area contributed by atoms with Gasteiger partial charge in [-0.05, 0) is 43.5 Å². The van der Waals surface area contributed by atoms with Crippen molar-refractivity contribution >= 4 is 11.3 Å². The minimum absolute atomic E-state index is 0.440. The SMILES string of the molecule is CCC1(CC)CCN(Cc2ccc(C#CCN)s2)CC1. The van der Waals surface area contributed by atoms with Gasteiger partial charge in [-0.1, -0.05) is 38.5 Å². The molecule has 0 atom stereocenters. The van der Waals surface area contributed by atoms with Crippen molar-refractivity contribution < 1.29 is 0 Å². The van der Waals surface area contributed by atoms with E-state index >= 15 is 0 Å². The highest BCUT2D eigenvalue weighted by Gasteiger charge is 2.31. The molecule has 0 bridgehead atoms. The molecule has 1 saturated heterocycles. The largest absolute Gasteiger partial charge is 0.320 e. The van der Waals surface area contributed by atoms with E-state index < -0.39 is 0 Å². The van der Waals surface area contributed by atoms with E-state index in [1.807, 2.05) is 11.3 Å². The standard InChI is InChI=1S/C17H26N2S/c1-3-17(4-2)9-12-19(13-10-17)14-16-8-7-15(20-16)6-5-11-18/h7-8H,3-4,9-14,18H2,1-2H3. The number of nitrogens with two attached hydrogens (primary N) is 1. The molecule has 2 nitrogen and oxygen atoms in total. The molecule has 1 aliphatic rings. The van der Waals surface area contributed by atoms with Gasteiger partial charge in [-0.25, -0.2) is 0 Å². The molecule has 0 aliphatic carbocycles. The summed E-state index contributed by atoms with van der Waals surface area (Å²) in [5.74, 6) is 6.04. The third-order valence-corrected chi connectivity index (χ3v) is 5.76. The van der Waals surface area contributed by atoms with Gasteiger partial charge in [-0.2, -0.15) is 0 Å². The quantitative estimate of drug-likeness (QED) is 0.861. The van der Waals surface area contributed by atoms with Crippen LogP contribution in [0.4, 0.5) is 0 Å². The molecule has 110 valence electrons. The van der Waals surface area contributed by atoms with Crippen LogP contribution in [0.5, 0.6) is 0 Å². The Labute approximate surface area is 127 Å². The highest BCUT2D eigenvalue weighted by molar-refractivity contribution is 7.12. The van der Waals surface area contributed by atoms with Crippen LogP contribution in [0.25, 0.3) is 0 Å². The lowest BCUT2D eigenvalue weighted by molar-refractivity contribution is 0.0915. The smallest absolute Gasteiger partial charge is 0.0772 e. The van der Waals surface area contributed by atoms with Crippen LogP contribution in [0.2, 0.25) is 0 Å². The van der Waals surface area contributed by atoms with Crippen LogP contribution in [0, 0.1) is 17.3 Å². The average molecular weight is 290 g/mol. The summed E-state index contributed by atoms with van der Waals surface area (Å²) in [5.41, 5.74) is 6.02. The van der Waals surface area contributed by atoms with Crippen molar-refractivity contribution in [1.82, 2.24) is 4.90 Å². The molecule has 1 aromatic heterocycles. The normalized spacial score (nSPS) is 18.6. The lowest BCUT2D eigenvalue weighted by atomic mass is 9.74. The summed E-state index contributed by atoms with van der Waals surface area (Å²) < 4.78 is 0. The molecule has 0 unspecified atom stereocenters. The fourth-order valence-corrected chi connectivity index (χ4v) is 3.96. The number of hydrogen-bond donors (Lipinski definition) is 1. The Hall–Kier alpha value is -0.820. The second kappa shape index (κ2) is 7.26. The van der Waals surface area contributed by atoms with Crippen LogP contribution in [0.3, 0.4) is 0 Å². The molecule has 0 aromatic carbocycles. The monoisotopic (exact) mass is 290 g/mol. The average Bonchev–Trinajstić information content (AvgIpc) is 2.94. The molecule has 0 spiro atoms. The van der Waals surface area contributed by atoms with Crippen molar-refractivity contribution in [2.24, 2.45) is 11.1 Å². The van der Waals surface area contributed by atoms with Crippen LogP contribution in [-0.4, -0.2) is 24.5 Å². The second-order valence-corrected chi connectivity index (χ2v) is 6.92. The third kappa shape index (κ3) is 3.85. The lowest BCUT2D eigenvalue weighted by Crippen LogP contribution is -2.38. The number of rotatable bonds is 4. The molecule has 0 radical (unpaired) electrons. The molecule has 0 saturated carbocycles. The first kappa shape index (κ1) is 15.6. The maximum Gasteiger partial charge on any atom is 0.0772 e. The van der Waals surface area contributed by atoms with E-state index in [-0.39, 0.29) is 0 Å². The number of thiophene rings is 1. The minimum atomic E-state index is 0.440. The van der Waals surface area contributed by atoms with Gasteiger partial charge in [0.15, 0.2) is 0 Å². The molecular weight excluding hydrogens is 264 g/mol. The Morgan fingerprint density at radius 2 is 1.95 bits per heavy atom. The summed E-state index contributed by atoms with van der Waals surface area (Å²) >= 11 is 1.81. The van der Waals surface area contributed by atoms with Crippen LogP contribution in [0.1, 0.15) is 49.3 Å². The third-order valence-electron chi connectivity index (χ3n) is 4.77. The van der Waals surface area contributed by atoms with Gasteiger partial charge >= 0.3 is 0 Å². The Bertz CT molecular complexity index is 467. The molecule has 2 N–H and O–H groups in total. The zero-order chi connectivity index (χ0) is 14.4. The Kier molecular flexibility index (Phi) is 5.65. The van der Waals surface area contributed by atoms with Crippen LogP contribution in [-0.2, 0) is 6.54 Å². The van der Waals surface area contributed by atoms with Gasteiger partial charge in [0.2, 0.25) is 0 Å². The molecule has 1 aliphatic heterocycles. The maximum atomic E-state index is 5.41. The maximum absolute atomic E-state index is 5.41. The van der Waals surface area contributed by atoms with Crippen molar-refractivity contribution in [3.63, 3.8) is 0 Å². The van der Waals surface area contributed by atoms with Crippen molar-refractivity contribution in [2.75, 3.05) is 19.6 Å². The molecule has 3 heteroatoms. The number of piperidine rings is 1. The van der Waals surface area contributed by atoms with E-state index in [1.165, 1.54) is 43.6 Å². The lowest BCUT2D eigenvalue weighted by Gasteiger charge is -2.40. The van der Waals surface area contributed by atoms with E-state index in [2.05, 4.69) is 42.7 Å². The van der Waals surface area contributed by atoms with Crippen molar-refractivity contribution in [1.29, 1.82) is 0 Å². The van der Waals surface area contributed by atoms with Crippen LogP contribution < -0.4 is 5.73 Å². The van der Waals surface area contributed by atoms with E-state index in [9.17, 15) is 0 Å². The second-order valence-electron chi connectivity index (χ2n) is 5.76. The molecule has 20 heavy (non-hydrogen) atoms. The molecule has 2 heterocycles. The van der Waals surface area contributed by atoms with Crippen LogP contribution >= 0.6 is 11.3 Å². The van der Waals surface area contributed by atoms with Gasteiger partial charge in [0.25, 0.3) is 0 Å². The number of hydrogen-bond acceptors (Lipinski definition) is 3. The molecule has 1 aromatic rings.